The van der Waals surface area contributed by atoms with E-state index in [2.05, 4.69) is 31.1 Å². The van der Waals surface area contributed by atoms with Crippen molar-refractivity contribution in [1.29, 1.82) is 0 Å². The summed E-state index contributed by atoms with van der Waals surface area (Å²) in [5.74, 6) is 0.777. The van der Waals surface area contributed by atoms with E-state index in [9.17, 15) is 14.9 Å². The molecular weight excluding hydrogens is 526 g/mol. The molecule has 0 saturated carbocycles. The Bertz CT molecular complexity index is 1390. The number of carbonyl (C=O) groups excluding carboxylic acids is 1. The molecule has 0 saturated heterocycles. The average molecular weight is 556 g/mol. The number of amides is 1. The first kappa shape index (κ1) is 27.6. The van der Waals surface area contributed by atoms with Crippen molar-refractivity contribution in [2.75, 3.05) is 19.5 Å². The summed E-state index contributed by atoms with van der Waals surface area (Å²) in [6.45, 7) is 6.72. The zero-order valence-electron chi connectivity index (χ0n) is 22.0. The molecule has 1 N–H and O–H groups in total. The minimum absolute atomic E-state index is 0.143. The molecular formula is C28H30ClN3O5S. The van der Waals surface area contributed by atoms with Gasteiger partial charge in [-0.05, 0) is 60.4 Å². The van der Waals surface area contributed by atoms with E-state index in [1.54, 1.807) is 24.3 Å². The lowest BCUT2D eigenvalue weighted by Crippen LogP contribution is -2.27. The lowest BCUT2D eigenvalue weighted by atomic mass is 9.72. The van der Waals surface area contributed by atoms with Gasteiger partial charge in [0.25, 0.3) is 11.6 Å². The maximum atomic E-state index is 13.6. The highest BCUT2D eigenvalue weighted by Crippen LogP contribution is 2.45. The molecule has 3 aromatic rings. The van der Waals surface area contributed by atoms with Gasteiger partial charge in [0.15, 0.2) is 11.5 Å². The van der Waals surface area contributed by atoms with E-state index in [1.807, 2.05) is 0 Å². The summed E-state index contributed by atoms with van der Waals surface area (Å²) < 4.78 is 10.8. The third-order valence-corrected chi connectivity index (χ3v) is 8.24. The van der Waals surface area contributed by atoms with Crippen molar-refractivity contribution in [2.24, 2.45) is 16.3 Å². The fraction of sp³-hybridized carbons (Fsp3) is 0.357. The number of anilines is 1. The monoisotopic (exact) mass is 555 g/mol. The zero-order valence-corrected chi connectivity index (χ0v) is 23.5. The van der Waals surface area contributed by atoms with Crippen LogP contribution in [0, 0.1) is 21.4 Å². The van der Waals surface area contributed by atoms with E-state index in [1.165, 1.54) is 43.9 Å². The summed E-state index contributed by atoms with van der Waals surface area (Å²) in [6, 6.07) is 9.61. The standard InChI is InChI=1S/C28H30ClN3O5S/c1-28(2,3)17-6-11-21-23(13-17)38-27(24(21)26(33)31-19-9-7-18(29)8-10-19)30-15-16-12-20(32(34)35)14-22(36-4)25(16)37-5/h7-10,12,14-15,17H,6,11,13H2,1-5H3,(H,31,33)/t17-/m0/s1. The number of non-ortho nitro benzene ring substituents is 1. The summed E-state index contributed by atoms with van der Waals surface area (Å²) >= 11 is 7.49. The van der Waals surface area contributed by atoms with E-state index in [4.69, 9.17) is 21.1 Å². The maximum Gasteiger partial charge on any atom is 0.274 e. The molecule has 1 aromatic heterocycles. The topological polar surface area (TPSA) is 103 Å². The number of ether oxygens (including phenoxy) is 2. The number of fused-ring (bicyclic) bond motifs is 1. The van der Waals surface area contributed by atoms with Gasteiger partial charge in [-0.25, -0.2) is 4.99 Å². The third kappa shape index (κ3) is 5.84. The number of hydrogen-bond donors (Lipinski definition) is 1. The van der Waals surface area contributed by atoms with E-state index in [0.29, 0.717) is 38.5 Å². The van der Waals surface area contributed by atoms with Crippen molar-refractivity contribution < 1.29 is 19.2 Å². The molecule has 1 heterocycles. The molecule has 1 atom stereocenters. The summed E-state index contributed by atoms with van der Waals surface area (Å²) in [7, 11) is 2.88. The number of carbonyl (C=O) groups is 1. The SMILES string of the molecule is COc1cc([N+](=O)[O-])cc(C=Nc2sc3c(c2C(=O)Nc2ccc(Cl)cc2)CC[C@H](C(C)(C)C)C3)c1OC. The Labute approximate surface area is 230 Å². The van der Waals surface area contributed by atoms with Crippen molar-refractivity contribution in [1.82, 2.24) is 0 Å². The fourth-order valence-corrected chi connectivity index (χ4v) is 6.07. The molecule has 0 aliphatic heterocycles. The van der Waals surface area contributed by atoms with Gasteiger partial charge < -0.3 is 14.8 Å². The summed E-state index contributed by atoms with van der Waals surface area (Å²) in [6.07, 6.45) is 4.12. The molecule has 0 spiro atoms. The second kappa shape index (κ2) is 11.1. The largest absolute Gasteiger partial charge is 0.493 e. The van der Waals surface area contributed by atoms with Crippen LogP contribution in [0.15, 0.2) is 41.4 Å². The molecule has 4 rings (SSSR count). The molecule has 1 amide bonds. The van der Waals surface area contributed by atoms with Crippen LogP contribution in [-0.2, 0) is 12.8 Å². The van der Waals surface area contributed by atoms with Crippen LogP contribution in [0.5, 0.6) is 11.5 Å². The van der Waals surface area contributed by atoms with Crippen LogP contribution in [0.1, 0.15) is 53.6 Å². The summed E-state index contributed by atoms with van der Waals surface area (Å²) in [4.78, 5) is 30.4. The number of nitrogens with zero attached hydrogens (tertiary/aromatic N) is 2. The Morgan fingerprint density at radius 3 is 2.53 bits per heavy atom. The maximum absolute atomic E-state index is 13.6. The van der Waals surface area contributed by atoms with Gasteiger partial charge in [0.2, 0.25) is 0 Å². The molecule has 8 nitrogen and oxygen atoms in total. The predicted octanol–water partition coefficient (Wildman–Crippen LogP) is 7.48. The number of halogens is 1. The number of benzene rings is 2. The van der Waals surface area contributed by atoms with E-state index in [-0.39, 0.29) is 22.8 Å². The van der Waals surface area contributed by atoms with E-state index >= 15 is 0 Å². The highest BCUT2D eigenvalue weighted by molar-refractivity contribution is 7.16. The van der Waals surface area contributed by atoms with Crippen molar-refractivity contribution in [2.45, 2.75) is 40.0 Å². The first-order valence-corrected chi connectivity index (χ1v) is 13.4. The Hall–Kier alpha value is -3.43. The lowest BCUT2D eigenvalue weighted by molar-refractivity contribution is -0.385. The third-order valence-electron chi connectivity index (χ3n) is 6.82. The molecule has 1 aliphatic rings. The lowest BCUT2D eigenvalue weighted by Gasteiger charge is -2.33. The number of hydrogen-bond acceptors (Lipinski definition) is 7. The molecule has 0 bridgehead atoms. The quantitative estimate of drug-likeness (QED) is 0.185. The van der Waals surface area contributed by atoms with Crippen molar-refractivity contribution in [3.05, 3.63) is 73.1 Å². The number of methoxy groups -OCH3 is 2. The second-order valence-corrected chi connectivity index (χ2v) is 11.8. The van der Waals surface area contributed by atoms with E-state index in [0.717, 1.165) is 29.7 Å². The van der Waals surface area contributed by atoms with Gasteiger partial charge in [-0.3, -0.25) is 14.9 Å². The van der Waals surface area contributed by atoms with Gasteiger partial charge in [0.1, 0.15) is 5.00 Å². The second-order valence-electron chi connectivity index (χ2n) is 10.2. The normalized spacial score (nSPS) is 15.3. The van der Waals surface area contributed by atoms with Crippen LogP contribution in [0.3, 0.4) is 0 Å². The molecule has 1 aliphatic carbocycles. The number of thiophene rings is 1. The molecule has 0 unspecified atom stereocenters. The highest BCUT2D eigenvalue weighted by Gasteiger charge is 2.33. The van der Waals surface area contributed by atoms with Crippen LogP contribution in [0.2, 0.25) is 5.02 Å². The number of rotatable bonds is 7. The summed E-state index contributed by atoms with van der Waals surface area (Å²) in [5.41, 5.74) is 2.54. The number of aliphatic imine (C=N–C) groups is 1. The van der Waals surface area contributed by atoms with Crippen LogP contribution in [-0.4, -0.2) is 31.3 Å². The van der Waals surface area contributed by atoms with Crippen molar-refractivity contribution in [3.63, 3.8) is 0 Å². The minimum Gasteiger partial charge on any atom is -0.493 e. The Morgan fingerprint density at radius 1 is 1.21 bits per heavy atom. The van der Waals surface area contributed by atoms with Crippen LogP contribution in [0.25, 0.3) is 0 Å². The minimum atomic E-state index is -0.499. The summed E-state index contributed by atoms with van der Waals surface area (Å²) in [5, 5.41) is 15.6. The number of nitro benzene ring substituents is 1. The fourth-order valence-electron chi connectivity index (χ4n) is 4.67. The molecule has 200 valence electrons. The van der Waals surface area contributed by atoms with Gasteiger partial charge >= 0.3 is 0 Å². The van der Waals surface area contributed by atoms with E-state index < -0.39 is 4.92 Å². The molecule has 2 aromatic carbocycles. The first-order chi connectivity index (χ1) is 18.0. The average Bonchev–Trinajstić information content (AvgIpc) is 3.25. The Balaban J connectivity index is 1.78. The van der Waals surface area contributed by atoms with Crippen molar-refractivity contribution >= 4 is 51.4 Å². The molecule has 10 heteroatoms. The van der Waals surface area contributed by atoms with Crippen LogP contribution in [0.4, 0.5) is 16.4 Å². The van der Waals surface area contributed by atoms with Gasteiger partial charge in [0.05, 0.1) is 30.8 Å². The van der Waals surface area contributed by atoms with Gasteiger partial charge in [-0.2, -0.15) is 0 Å². The number of nitrogens with one attached hydrogen (secondary N) is 1. The smallest absolute Gasteiger partial charge is 0.274 e. The molecule has 38 heavy (non-hydrogen) atoms. The zero-order chi connectivity index (χ0) is 27.6. The number of nitro groups is 1. The Kier molecular flexibility index (Phi) is 8.08. The van der Waals surface area contributed by atoms with Crippen LogP contribution < -0.4 is 14.8 Å². The van der Waals surface area contributed by atoms with Crippen LogP contribution >= 0.6 is 22.9 Å². The van der Waals surface area contributed by atoms with Crippen molar-refractivity contribution in [3.8, 4) is 11.5 Å². The molecule has 0 radical (unpaired) electrons. The van der Waals surface area contributed by atoms with Gasteiger partial charge in [-0.15, -0.1) is 11.3 Å². The predicted molar refractivity (Wildman–Crippen MR) is 152 cm³/mol. The van der Waals surface area contributed by atoms with Gasteiger partial charge in [0, 0.05) is 33.4 Å². The highest BCUT2D eigenvalue weighted by atomic mass is 35.5. The first-order valence-electron chi connectivity index (χ1n) is 12.2. The molecule has 0 fully saturated rings. The van der Waals surface area contributed by atoms with Gasteiger partial charge in [-0.1, -0.05) is 32.4 Å². The Morgan fingerprint density at radius 2 is 1.92 bits per heavy atom.